The van der Waals surface area contributed by atoms with E-state index in [0.717, 1.165) is 22.8 Å². The van der Waals surface area contributed by atoms with Gasteiger partial charge in [-0.05, 0) is 93.1 Å². The first-order valence-corrected chi connectivity index (χ1v) is 11.8. The Balaban J connectivity index is 1.66. The molecule has 34 heavy (non-hydrogen) atoms. The van der Waals surface area contributed by atoms with Crippen LogP contribution < -0.4 is 15.0 Å². The molecule has 4 aromatic rings. The number of anilines is 1. The van der Waals surface area contributed by atoms with E-state index >= 15 is 0 Å². The molecule has 172 valence electrons. The van der Waals surface area contributed by atoms with Crippen molar-refractivity contribution in [3.8, 4) is 11.4 Å². The average Bonchev–Trinajstić information content (AvgIpc) is 3.35. The van der Waals surface area contributed by atoms with E-state index in [2.05, 4.69) is 89.1 Å². The fourth-order valence-corrected chi connectivity index (χ4v) is 5.22. The minimum atomic E-state index is -0.0808. The topological polar surface area (TPSA) is 42.3 Å². The fraction of sp³-hybridized carbons (Fsp3) is 0.214. The number of hydrogen-bond acceptors (Lipinski definition) is 3. The van der Waals surface area contributed by atoms with Gasteiger partial charge >= 0.3 is 0 Å². The zero-order valence-electron chi connectivity index (χ0n) is 19.8. The van der Waals surface area contributed by atoms with E-state index in [1.807, 2.05) is 30.5 Å². The normalized spacial score (nSPS) is 17.6. The molecule has 1 N–H and O–H groups in total. The van der Waals surface area contributed by atoms with Crippen molar-refractivity contribution in [3.63, 3.8) is 0 Å². The predicted octanol–water partition coefficient (Wildman–Crippen LogP) is 5.98. The van der Waals surface area contributed by atoms with Gasteiger partial charge in [0.15, 0.2) is 5.11 Å². The van der Waals surface area contributed by atoms with Crippen molar-refractivity contribution in [3.05, 3.63) is 107 Å². The molecule has 1 fully saturated rings. The van der Waals surface area contributed by atoms with Crippen molar-refractivity contribution in [1.29, 1.82) is 0 Å². The van der Waals surface area contributed by atoms with Crippen molar-refractivity contribution >= 4 is 23.0 Å². The molecule has 0 unspecified atom stereocenters. The molecule has 2 aromatic carbocycles. The number of nitrogens with zero attached hydrogens (tertiary/aromatic N) is 3. The van der Waals surface area contributed by atoms with Gasteiger partial charge in [0.25, 0.3) is 0 Å². The summed E-state index contributed by atoms with van der Waals surface area (Å²) in [4.78, 5) is 6.88. The Bertz CT molecular complexity index is 1310. The minimum Gasteiger partial charge on any atom is -0.497 e. The quantitative estimate of drug-likeness (QED) is 0.365. The number of ether oxygens (including phenoxy) is 1. The van der Waals surface area contributed by atoms with Gasteiger partial charge in [-0.3, -0.25) is 4.98 Å². The molecule has 5 nitrogen and oxygen atoms in total. The van der Waals surface area contributed by atoms with Gasteiger partial charge in [0.05, 0.1) is 24.9 Å². The van der Waals surface area contributed by atoms with Gasteiger partial charge in [0.2, 0.25) is 0 Å². The molecule has 0 aliphatic carbocycles. The van der Waals surface area contributed by atoms with Crippen LogP contribution in [0.4, 0.5) is 5.69 Å². The standard InChI is InChI=1S/C28H28N4OS/c1-18-8-10-21(11-9-18)31-19(2)17-24(20(31)3)27-26(25-7-5-6-16-29-25)30-28(34)32(27)22-12-14-23(33-4)15-13-22/h5-17,26-27H,1-4H3,(H,30,34)/t26-,27-/m0/s1. The lowest BCUT2D eigenvalue weighted by Gasteiger charge is -2.28. The number of pyridine rings is 1. The number of benzene rings is 2. The van der Waals surface area contributed by atoms with Gasteiger partial charge in [-0.1, -0.05) is 23.8 Å². The highest BCUT2D eigenvalue weighted by atomic mass is 32.1. The molecule has 1 aliphatic rings. The molecule has 6 heteroatoms. The summed E-state index contributed by atoms with van der Waals surface area (Å²) < 4.78 is 7.69. The summed E-state index contributed by atoms with van der Waals surface area (Å²) >= 11 is 5.88. The zero-order valence-corrected chi connectivity index (χ0v) is 20.6. The van der Waals surface area contributed by atoms with E-state index in [0.29, 0.717) is 5.11 Å². The lowest BCUT2D eigenvalue weighted by molar-refractivity contribution is 0.415. The maximum Gasteiger partial charge on any atom is 0.174 e. The third kappa shape index (κ3) is 3.84. The Kier molecular flexibility index (Phi) is 5.84. The van der Waals surface area contributed by atoms with Crippen molar-refractivity contribution in [1.82, 2.24) is 14.9 Å². The summed E-state index contributed by atoms with van der Waals surface area (Å²) in [7, 11) is 1.68. The highest BCUT2D eigenvalue weighted by molar-refractivity contribution is 7.80. The largest absolute Gasteiger partial charge is 0.497 e. The third-order valence-corrected chi connectivity index (χ3v) is 6.84. The molecule has 3 heterocycles. The molecule has 0 saturated carbocycles. The van der Waals surface area contributed by atoms with E-state index < -0.39 is 0 Å². The second-order valence-electron chi connectivity index (χ2n) is 8.69. The van der Waals surface area contributed by atoms with Crippen LogP contribution in [0.25, 0.3) is 5.69 Å². The number of rotatable bonds is 5. The van der Waals surface area contributed by atoms with Gasteiger partial charge in [-0.2, -0.15) is 0 Å². The smallest absolute Gasteiger partial charge is 0.174 e. The Morgan fingerprint density at radius 3 is 2.26 bits per heavy atom. The number of hydrogen-bond donors (Lipinski definition) is 1. The van der Waals surface area contributed by atoms with Gasteiger partial charge < -0.3 is 19.5 Å². The van der Waals surface area contributed by atoms with Crippen molar-refractivity contribution in [2.75, 3.05) is 12.0 Å². The van der Waals surface area contributed by atoms with Crippen molar-refractivity contribution in [2.24, 2.45) is 0 Å². The second-order valence-corrected chi connectivity index (χ2v) is 9.08. The van der Waals surface area contributed by atoms with E-state index in [1.54, 1.807) is 7.11 Å². The molecular weight excluding hydrogens is 440 g/mol. The SMILES string of the molecule is COc1ccc(N2C(=S)N[C@@H](c3ccccn3)[C@@H]2c2cc(C)n(-c3ccc(C)cc3)c2C)cc1. The van der Waals surface area contributed by atoms with Crippen LogP contribution in [0.2, 0.25) is 0 Å². The molecule has 5 rings (SSSR count). The summed E-state index contributed by atoms with van der Waals surface area (Å²) in [6.45, 7) is 6.45. The second kappa shape index (κ2) is 8.95. The van der Waals surface area contributed by atoms with Crippen LogP contribution >= 0.6 is 12.2 Å². The Labute approximate surface area is 206 Å². The summed E-state index contributed by atoms with van der Waals surface area (Å²) in [6.07, 6.45) is 1.84. The number of thiocarbonyl (C=S) groups is 1. The molecule has 2 aromatic heterocycles. The van der Waals surface area contributed by atoms with Crippen LogP contribution in [0.5, 0.6) is 5.75 Å². The number of aryl methyl sites for hydroxylation is 2. The van der Waals surface area contributed by atoms with Crippen molar-refractivity contribution in [2.45, 2.75) is 32.9 Å². The number of methoxy groups -OCH3 is 1. The first-order chi connectivity index (χ1) is 16.5. The molecule has 2 atom stereocenters. The van der Waals surface area contributed by atoms with Gasteiger partial charge in [-0.25, -0.2) is 0 Å². The Morgan fingerprint density at radius 1 is 0.912 bits per heavy atom. The van der Waals surface area contributed by atoms with Crippen molar-refractivity contribution < 1.29 is 4.74 Å². The third-order valence-electron chi connectivity index (χ3n) is 6.53. The van der Waals surface area contributed by atoms with Crippen LogP contribution in [-0.2, 0) is 0 Å². The van der Waals surface area contributed by atoms with E-state index in [9.17, 15) is 0 Å². The zero-order chi connectivity index (χ0) is 23.8. The maximum absolute atomic E-state index is 5.88. The van der Waals surface area contributed by atoms with E-state index in [1.165, 1.54) is 22.5 Å². The summed E-state index contributed by atoms with van der Waals surface area (Å²) in [5.74, 6) is 0.817. The highest BCUT2D eigenvalue weighted by Gasteiger charge is 2.42. The molecule has 1 saturated heterocycles. The molecule has 0 spiro atoms. The van der Waals surface area contributed by atoms with E-state index in [-0.39, 0.29) is 12.1 Å². The fourth-order valence-electron chi connectivity index (χ4n) is 4.87. The van der Waals surface area contributed by atoms with Crippen LogP contribution in [0, 0.1) is 20.8 Å². The molecule has 1 aliphatic heterocycles. The molecular formula is C28H28N4OS. The van der Waals surface area contributed by atoms with Crippen LogP contribution in [0.3, 0.4) is 0 Å². The minimum absolute atomic E-state index is 0.0545. The number of aromatic nitrogens is 2. The van der Waals surface area contributed by atoms with E-state index in [4.69, 9.17) is 17.0 Å². The number of nitrogens with one attached hydrogen (secondary N) is 1. The van der Waals surface area contributed by atoms with Gasteiger partial charge in [0, 0.05) is 29.0 Å². The average molecular weight is 469 g/mol. The molecule has 0 radical (unpaired) electrons. The Morgan fingerprint density at radius 2 is 1.62 bits per heavy atom. The van der Waals surface area contributed by atoms with Gasteiger partial charge in [0.1, 0.15) is 5.75 Å². The Hall–Kier alpha value is -3.64. The lowest BCUT2D eigenvalue weighted by atomic mass is 9.96. The first-order valence-electron chi connectivity index (χ1n) is 11.4. The summed E-state index contributed by atoms with van der Waals surface area (Å²) in [5, 5.41) is 4.24. The predicted molar refractivity (Wildman–Crippen MR) is 141 cm³/mol. The molecule has 0 bridgehead atoms. The van der Waals surface area contributed by atoms with Crippen LogP contribution in [0.15, 0.2) is 79.0 Å². The summed E-state index contributed by atoms with van der Waals surface area (Å²) in [5.41, 5.74) is 7.98. The highest BCUT2D eigenvalue weighted by Crippen LogP contribution is 2.44. The van der Waals surface area contributed by atoms with Crippen LogP contribution in [0.1, 0.15) is 40.3 Å². The lowest BCUT2D eigenvalue weighted by Crippen LogP contribution is -2.29. The van der Waals surface area contributed by atoms with Gasteiger partial charge in [-0.15, -0.1) is 0 Å². The summed E-state index contributed by atoms with van der Waals surface area (Å²) in [6, 6.07) is 24.9. The monoisotopic (exact) mass is 468 g/mol. The molecule has 0 amide bonds. The maximum atomic E-state index is 5.88. The van der Waals surface area contributed by atoms with Crippen LogP contribution in [-0.4, -0.2) is 21.8 Å². The first kappa shape index (κ1) is 22.2.